The minimum Gasteiger partial charge on any atom is -0.398 e. The molecule has 0 unspecified atom stereocenters. The van der Waals surface area contributed by atoms with E-state index in [-0.39, 0.29) is 5.88 Å². The van der Waals surface area contributed by atoms with Gasteiger partial charge in [0.15, 0.2) is 10.8 Å². The summed E-state index contributed by atoms with van der Waals surface area (Å²) in [5.41, 5.74) is 0. The third kappa shape index (κ3) is 3.52. The minimum absolute atomic E-state index is 0.269. The Kier molecular flexibility index (Phi) is 4.67. The zero-order valence-electron chi connectivity index (χ0n) is 14.0. The fourth-order valence-electron chi connectivity index (χ4n) is 3.69. The first-order valence-electron chi connectivity index (χ1n) is 8.78. The molecule has 8 nitrogen and oxygen atoms in total. The molecule has 2 aliphatic heterocycles. The van der Waals surface area contributed by atoms with Crippen molar-refractivity contribution in [2.75, 3.05) is 31.1 Å². The molecule has 0 atom stereocenters. The summed E-state index contributed by atoms with van der Waals surface area (Å²) in [5.74, 6) is 0.132. The van der Waals surface area contributed by atoms with Gasteiger partial charge in [-0.05, 0) is 44.8 Å². The van der Waals surface area contributed by atoms with Crippen LogP contribution in [-0.4, -0.2) is 52.2 Å². The molecule has 2 saturated heterocycles. The van der Waals surface area contributed by atoms with Crippen molar-refractivity contribution >= 4 is 22.4 Å². The highest BCUT2D eigenvalue weighted by Crippen LogP contribution is 2.33. The topological polar surface area (TPSA) is 88.5 Å². The zero-order chi connectivity index (χ0) is 17.2. The summed E-state index contributed by atoms with van der Waals surface area (Å²) in [5, 5.41) is 20.6. The van der Waals surface area contributed by atoms with Gasteiger partial charge in [-0.25, -0.2) is 0 Å². The van der Waals surface area contributed by atoms with Crippen molar-refractivity contribution in [3.8, 4) is 10.8 Å². The Hall–Kier alpha value is -2.00. The molecule has 0 saturated carbocycles. The van der Waals surface area contributed by atoms with E-state index in [1.807, 2.05) is 0 Å². The van der Waals surface area contributed by atoms with Crippen LogP contribution in [0.3, 0.4) is 0 Å². The van der Waals surface area contributed by atoms with Crippen LogP contribution in [0.4, 0.5) is 11.0 Å². The summed E-state index contributed by atoms with van der Waals surface area (Å²) in [6, 6.07) is 3.61. The summed E-state index contributed by atoms with van der Waals surface area (Å²) in [6.07, 6.45) is 6.33. The van der Waals surface area contributed by atoms with E-state index in [2.05, 4.69) is 20.0 Å². The third-order valence-corrected chi connectivity index (χ3v) is 6.04. The molecule has 9 heteroatoms. The summed E-state index contributed by atoms with van der Waals surface area (Å²) in [6.45, 7) is 4.44. The molecule has 0 amide bonds. The lowest BCUT2D eigenvalue weighted by atomic mass is 10.0. The first kappa shape index (κ1) is 16.5. The monoisotopic (exact) mass is 363 g/mol. The van der Waals surface area contributed by atoms with Crippen LogP contribution in [0.25, 0.3) is 10.8 Å². The van der Waals surface area contributed by atoms with Crippen molar-refractivity contribution in [2.45, 2.75) is 38.1 Å². The number of piperidine rings is 2. The number of aromatic nitrogens is 2. The Morgan fingerprint density at radius 3 is 2.56 bits per heavy atom. The van der Waals surface area contributed by atoms with Crippen molar-refractivity contribution in [1.82, 2.24) is 15.1 Å². The van der Waals surface area contributed by atoms with Crippen molar-refractivity contribution < 1.29 is 9.34 Å². The molecule has 0 N–H and O–H groups in total. The lowest BCUT2D eigenvalue weighted by Crippen LogP contribution is -2.46. The van der Waals surface area contributed by atoms with Crippen molar-refractivity contribution in [3.63, 3.8) is 0 Å². The molecule has 2 aromatic rings. The summed E-state index contributed by atoms with van der Waals surface area (Å²) in [7, 11) is 0. The molecule has 2 fully saturated rings. The standard InChI is InChI=1S/C16H21N5O3S/c22-21(23)14-5-4-13(24-14)15-17-18-16(25-15)20-10-6-12(7-11-20)19-8-2-1-3-9-19/h4-5,12H,1-3,6-11H2. The fraction of sp³-hybridized carbons (Fsp3) is 0.625. The number of anilines is 1. The van der Waals surface area contributed by atoms with Crippen molar-refractivity contribution in [3.05, 3.63) is 22.2 Å². The number of furan rings is 1. The van der Waals surface area contributed by atoms with E-state index in [1.54, 1.807) is 6.07 Å². The van der Waals surface area contributed by atoms with E-state index in [0.29, 0.717) is 16.8 Å². The second-order valence-electron chi connectivity index (χ2n) is 6.60. The van der Waals surface area contributed by atoms with E-state index in [0.717, 1.165) is 31.1 Å². The molecule has 0 radical (unpaired) electrons. The molecule has 25 heavy (non-hydrogen) atoms. The quantitative estimate of drug-likeness (QED) is 0.609. The highest BCUT2D eigenvalue weighted by atomic mass is 32.1. The van der Waals surface area contributed by atoms with E-state index in [4.69, 9.17) is 4.42 Å². The summed E-state index contributed by atoms with van der Waals surface area (Å²) < 4.78 is 5.21. The number of nitrogens with zero attached hydrogens (tertiary/aromatic N) is 5. The molecule has 4 rings (SSSR count). The maximum Gasteiger partial charge on any atom is 0.433 e. The molecule has 2 aromatic heterocycles. The van der Waals surface area contributed by atoms with Crippen LogP contribution in [-0.2, 0) is 0 Å². The Balaban J connectivity index is 1.38. The van der Waals surface area contributed by atoms with Gasteiger partial charge in [-0.3, -0.25) is 10.1 Å². The zero-order valence-corrected chi connectivity index (χ0v) is 14.8. The van der Waals surface area contributed by atoms with Crippen molar-refractivity contribution in [2.24, 2.45) is 0 Å². The molecule has 0 spiro atoms. The number of likely N-dealkylation sites (tertiary alicyclic amines) is 1. The van der Waals surface area contributed by atoms with Crippen LogP contribution in [0.1, 0.15) is 32.1 Å². The smallest absolute Gasteiger partial charge is 0.398 e. The van der Waals surface area contributed by atoms with Gasteiger partial charge in [-0.1, -0.05) is 17.8 Å². The lowest BCUT2D eigenvalue weighted by Gasteiger charge is -2.40. The van der Waals surface area contributed by atoms with Crippen LogP contribution in [0, 0.1) is 10.1 Å². The van der Waals surface area contributed by atoms with Crippen LogP contribution >= 0.6 is 11.3 Å². The van der Waals surface area contributed by atoms with Gasteiger partial charge in [0.2, 0.25) is 5.13 Å². The average Bonchev–Trinajstić information content (AvgIpc) is 3.32. The number of hydrogen-bond acceptors (Lipinski definition) is 8. The molecule has 0 aromatic carbocycles. The Morgan fingerprint density at radius 1 is 1.12 bits per heavy atom. The van der Waals surface area contributed by atoms with Gasteiger partial charge in [0.05, 0.1) is 6.07 Å². The largest absolute Gasteiger partial charge is 0.433 e. The number of hydrogen-bond donors (Lipinski definition) is 0. The van der Waals surface area contributed by atoms with Crippen LogP contribution in [0.5, 0.6) is 0 Å². The normalized spacial score (nSPS) is 20.1. The fourth-order valence-corrected chi connectivity index (χ4v) is 4.55. The Labute approximate surface area is 149 Å². The Bertz CT molecular complexity index is 732. The van der Waals surface area contributed by atoms with Crippen molar-refractivity contribution in [1.29, 1.82) is 0 Å². The van der Waals surface area contributed by atoms with Gasteiger partial charge in [0.25, 0.3) is 0 Å². The molecule has 134 valence electrons. The van der Waals surface area contributed by atoms with Crippen LogP contribution in [0.2, 0.25) is 0 Å². The van der Waals surface area contributed by atoms with Gasteiger partial charge in [-0.2, -0.15) is 0 Å². The van der Waals surface area contributed by atoms with E-state index < -0.39 is 4.92 Å². The average molecular weight is 363 g/mol. The number of rotatable bonds is 4. The molecule has 2 aliphatic rings. The molecular formula is C16H21N5O3S. The predicted molar refractivity (Wildman–Crippen MR) is 94.9 cm³/mol. The second kappa shape index (κ2) is 7.09. The Morgan fingerprint density at radius 2 is 1.88 bits per heavy atom. The van der Waals surface area contributed by atoms with E-state index >= 15 is 0 Å². The first-order chi connectivity index (χ1) is 12.2. The van der Waals surface area contributed by atoms with Gasteiger partial charge in [0.1, 0.15) is 4.92 Å². The maximum atomic E-state index is 10.7. The summed E-state index contributed by atoms with van der Waals surface area (Å²) >= 11 is 1.43. The van der Waals surface area contributed by atoms with Gasteiger partial charge >= 0.3 is 5.88 Å². The van der Waals surface area contributed by atoms with Crippen LogP contribution in [0.15, 0.2) is 16.5 Å². The van der Waals surface area contributed by atoms with Gasteiger partial charge in [0, 0.05) is 19.1 Å². The van der Waals surface area contributed by atoms with Gasteiger partial charge < -0.3 is 14.2 Å². The molecular weight excluding hydrogens is 342 g/mol. The highest BCUT2D eigenvalue weighted by Gasteiger charge is 2.27. The lowest BCUT2D eigenvalue weighted by molar-refractivity contribution is -0.401. The van der Waals surface area contributed by atoms with E-state index in [1.165, 1.54) is 49.8 Å². The van der Waals surface area contributed by atoms with E-state index in [9.17, 15) is 10.1 Å². The minimum atomic E-state index is -0.545. The molecule has 0 aliphatic carbocycles. The molecule has 0 bridgehead atoms. The third-order valence-electron chi connectivity index (χ3n) is 5.04. The summed E-state index contributed by atoms with van der Waals surface area (Å²) in [4.78, 5) is 15.1. The second-order valence-corrected chi connectivity index (χ2v) is 7.56. The molecule has 4 heterocycles. The SMILES string of the molecule is O=[N+]([O-])c1ccc(-c2nnc(N3CCC(N4CCCCC4)CC3)s2)o1. The number of nitro groups is 1. The highest BCUT2D eigenvalue weighted by molar-refractivity contribution is 7.18. The first-order valence-corrected chi connectivity index (χ1v) is 9.59. The predicted octanol–water partition coefficient (Wildman–Crippen LogP) is 3.16. The van der Waals surface area contributed by atoms with Crippen LogP contribution < -0.4 is 4.90 Å². The maximum absolute atomic E-state index is 10.7. The van der Waals surface area contributed by atoms with Gasteiger partial charge in [-0.15, -0.1) is 10.2 Å².